The lowest BCUT2D eigenvalue weighted by molar-refractivity contribution is -0.207. The minimum atomic E-state index is -0.989. The van der Waals surface area contributed by atoms with E-state index in [1.165, 1.54) is 5.01 Å². The van der Waals surface area contributed by atoms with Crippen molar-refractivity contribution < 1.29 is 20.1 Å². The highest BCUT2D eigenvalue weighted by Gasteiger charge is 2.43. The van der Waals surface area contributed by atoms with E-state index in [4.69, 9.17) is 5.11 Å². The van der Waals surface area contributed by atoms with Crippen molar-refractivity contribution >= 4 is 5.91 Å². The van der Waals surface area contributed by atoms with E-state index in [-0.39, 0.29) is 19.1 Å². The highest BCUT2D eigenvalue weighted by Crippen LogP contribution is 2.24. The molecule has 1 amide bonds. The van der Waals surface area contributed by atoms with Gasteiger partial charge in [0.1, 0.15) is 12.2 Å². The van der Waals surface area contributed by atoms with Crippen molar-refractivity contribution in [3.8, 4) is 0 Å². The molecule has 2 saturated heterocycles. The van der Waals surface area contributed by atoms with Gasteiger partial charge in [-0.15, -0.1) is 0 Å². The lowest BCUT2D eigenvalue weighted by atomic mass is 10.00. The fourth-order valence-corrected chi connectivity index (χ4v) is 2.26. The molecule has 0 spiro atoms. The van der Waals surface area contributed by atoms with Crippen molar-refractivity contribution in [1.29, 1.82) is 0 Å². The van der Waals surface area contributed by atoms with Crippen molar-refractivity contribution in [1.82, 2.24) is 10.0 Å². The molecule has 0 aromatic carbocycles. The van der Waals surface area contributed by atoms with Gasteiger partial charge in [0.05, 0.1) is 19.2 Å². The van der Waals surface area contributed by atoms with Crippen LogP contribution < -0.4 is 0 Å². The van der Waals surface area contributed by atoms with Gasteiger partial charge in [-0.05, 0) is 6.42 Å². The number of rotatable bonds is 1. The Balaban J connectivity index is 2.19. The minimum absolute atomic E-state index is 0.0503. The molecule has 0 radical (unpaired) electrons. The Morgan fingerprint density at radius 2 is 2.13 bits per heavy atom. The van der Waals surface area contributed by atoms with Crippen LogP contribution in [0.15, 0.2) is 0 Å². The number of hydrogen-bond donors (Lipinski definition) is 3. The molecule has 2 fully saturated rings. The maximum atomic E-state index is 11.6. The molecule has 2 heterocycles. The molecule has 0 aromatic heterocycles. The van der Waals surface area contributed by atoms with Gasteiger partial charge in [0.2, 0.25) is 5.91 Å². The standard InChI is InChI=1S/C9H16N2O4/c12-5-6-9(15)7(13)4-11-8(14)2-1-3-10(6)11/h6-7,9,12-13,15H,1-5H2/t6-,7-,9-/m1/s1. The molecule has 2 aliphatic heterocycles. The highest BCUT2D eigenvalue weighted by atomic mass is 16.3. The number of aliphatic hydroxyl groups excluding tert-OH is 3. The van der Waals surface area contributed by atoms with Gasteiger partial charge >= 0.3 is 0 Å². The highest BCUT2D eigenvalue weighted by molar-refractivity contribution is 5.76. The SMILES string of the molecule is O=C1CCCN2[C@H](CO)[C@@H](O)[C@H](O)CN12. The maximum absolute atomic E-state index is 11.6. The smallest absolute Gasteiger partial charge is 0.237 e. The Bertz CT molecular complexity index is 260. The molecule has 2 rings (SSSR count). The van der Waals surface area contributed by atoms with Crippen molar-refractivity contribution in [2.45, 2.75) is 31.1 Å². The summed E-state index contributed by atoms with van der Waals surface area (Å²) in [5, 5.41) is 31.5. The summed E-state index contributed by atoms with van der Waals surface area (Å²) < 4.78 is 0. The van der Waals surface area contributed by atoms with E-state index in [1.54, 1.807) is 5.01 Å². The second-order valence-electron chi connectivity index (χ2n) is 4.05. The monoisotopic (exact) mass is 216 g/mol. The first-order valence-corrected chi connectivity index (χ1v) is 5.19. The van der Waals surface area contributed by atoms with Gasteiger partial charge in [0.15, 0.2) is 0 Å². The molecule has 2 aliphatic rings. The van der Waals surface area contributed by atoms with Crippen LogP contribution in [0.2, 0.25) is 0 Å². The number of fused-ring (bicyclic) bond motifs is 1. The van der Waals surface area contributed by atoms with Gasteiger partial charge in [0.25, 0.3) is 0 Å². The number of amides is 1. The quantitative estimate of drug-likeness (QED) is 0.468. The zero-order valence-corrected chi connectivity index (χ0v) is 8.41. The summed E-state index contributed by atoms with van der Waals surface area (Å²) in [6, 6.07) is -0.571. The predicted molar refractivity (Wildman–Crippen MR) is 50.5 cm³/mol. The Hall–Kier alpha value is -0.690. The molecule has 0 saturated carbocycles. The number of carbonyl (C=O) groups excluding carboxylic acids is 1. The van der Waals surface area contributed by atoms with Crippen LogP contribution in [-0.2, 0) is 4.79 Å². The van der Waals surface area contributed by atoms with Crippen molar-refractivity contribution in [2.75, 3.05) is 19.7 Å². The van der Waals surface area contributed by atoms with Crippen LogP contribution in [0.1, 0.15) is 12.8 Å². The van der Waals surface area contributed by atoms with Crippen molar-refractivity contribution in [3.05, 3.63) is 0 Å². The Morgan fingerprint density at radius 3 is 2.80 bits per heavy atom. The second-order valence-corrected chi connectivity index (χ2v) is 4.05. The van der Waals surface area contributed by atoms with Gasteiger partial charge in [-0.25, -0.2) is 5.01 Å². The summed E-state index contributed by atoms with van der Waals surface area (Å²) in [5.74, 6) is -0.0503. The van der Waals surface area contributed by atoms with Crippen LogP contribution >= 0.6 is 0 Å². The molecular formula is C9H16N2O4. The third-order valence-corrected chi connectivity index (χ3v) is 3.09. The fourth-order valence-electron chi connectivity index (χ4n) is 2.26. The summed E-state index contributed by atoms with van der Waals surface area (Å²) >= 11 is 0. The van der Waals surface area contributed by atoms with E-state index in [0.29, 0.717) is 13.0 Å². The van der Waals surface area contributed by atoms with Crippen LogP contribution in [0.3, 0.4) is 0 Å². The average Bonchev–Trinajstić information content (AvgIpc) is 2.22. The molecule has 86 valence electrons. The first kappa shape index (κ1) is 10.8. The Kier molecular flexibility index (Phi) is 2.92. The summed E-state index contributed by atoms with van der Waals surface area (Å²) in [5.41, 5.74) is 0. The third kappa shape index (κ3) is 1.74. The van der Waals surface area contributed by atoms with E-state index in [2.05, 4.69) is 0 Å². The largest absolute Gasteiger partial charge is 0.395 e. The molecule has 6 heteroatoms. The molecule has 0 aliphatic carbocycles. The van der Waals surface area contributed by atoms with E-state index >= 15 is 0 Å². The zero-order chi connectivity index (χ0) is 11.0. The number of nitrogens with zero attached hydrogens (tertiary/aromatic N) is 2. The van der Waals surface area contributed by atoms with Gasteiger partial charge < -0.3 is 15.3 Å². The van der Waals surface area contributed by atoms with Crippen LogP contribution in [0.25, 0.3) is 0 Å². The number of carbonyl (C=O) groups is 1. The Labute approximate surface area is 87.7 Å². The molecule has 0 unspecified atom stereocenters. The summed E-state index contributed by atoms with van der Waals surface area (Å²) in [6.45, 7) is 0.499. The second kappa shape index (κ2) is 4.05. The number of hydrazine groups is 1. The number of aliphatic hydroxyl groups is 3. The fraction of sp³-hybridized carbons (Fsp3) is 0.889. The molecule has 15 heavy (non-hydrogen) atoms. The normalized spacial score (nSPS) is 37.9. The van der Waals surface area contributed by atoms with Crippen LogP contribution in [0.4, 0.5) is 0 Å². The molecule has 0 aromatic rings. The van der Waals surface area contributed by atoms with Crippen molar-refractivity contribution in [3.63, 3.8) is 0 Å². The molecule has 3 atom stereocenters. The first-order valence-electron chi connectivity index (χ1n) is 5.19. The number of hydrogen-bond acceptors (Lipinski definition) is 5. The lowest BCUT2D eigenvalue weighted by Crippen LogP contribution is -2.68. The topological polar surface area (TPSA) is 84.2 Å². The van der Waals surface area contributed by atoms with Crippen LogP contribution in [-0.4, -0.2) is 69.2 Å². The summed E-state index contributed by atoms with van der Waals surface area (Å²) in [7, 11) is 0. The molecule has 3 N–H and O–H groups in total. The first-order chi connectivity index (χ1) is 7.15. The van der Waals surface area contributed by atoms with Gasteiger partial charge in [-0.1, -0.05) is 0 Å². The molecular weight excluding hydrogens is 200 g/mol. The van der Waals surface area contributed by atoms with Crippen LogP contribution in [0, 0.1) is 0 Å². The van der Waals surface area contributed by atoms with Gasteiger partial charge in [0, 0.05) is 13.0 Å². The van der Waals surface area contributed by atoms with E-state index in [0.717, 1.165) is 6.42 Å². The van der Waals surface area contributed by atoms with Gasteiger partial charge in [-0.3, -0.25) is 9.80 Å². The average molecular weight is 216 g/mol. The van der Waals surface area contributed by atoms with Crippen LogP contribution in [0.5, 0.6) is 0 Å². The summed E-state index contributed by atoms with van der Waals surface area (Å²) in [6.07, 6.45) is -0.760. The Morgan fingerprint density at radius 1 is 1.40 bits per heavy atom. The zero-order valence-electron chi connectivity index (χ0n) is 8.41. The lowest BCUT2D eigenvalue weighted by Gasteiger charge is -2.49. The minimum Gasteiger partial charge on any atom is -0.395 e. The van der Waals surface area contributed by atoms with Gasteiger partial charge in [-0.2, -0.15) is 0 Å². The van der Waals surface area contributed by atoms with E-state index < -0.39 is 18.2 Å². The summed E-state index contributed by atoms with van der Waals surface area (Å²) in [4.78, 5) is 11.6. The molecule has 0 bridgehead atoms. The predicted octanol–water partition coefficient (Wildman–Crippen LogP) is -2.08. The third-order valence-electron chi connectivity index (χ3n) is 3.09. The maximum Gasteiger partial charge on any atom is 0.237 e. The van der Waals surface area contributed by atoms with Crippen molar-refractivity contribution in [2.24, 2.45) is 0 Å². The van der Waals surface area contributed by atoms with E-state index in [1.807, 2.05) is 0 Å². The van der Waals surface area contributed by atoms with E-state index in [9.17, 15) is 15.0 Å². The molecule has 6 nitrogen and oxygen atoms in total.